The average molecular weight is 230 g/mol. The summed E-state index contributed by atoms with van der Waals surface area (Å²) in [5, 5.41) is 4.05. The predicted molar refractivity (Wildman–Crippen MR) is 64.3 cm³/mol. The highest BCUT2D eigenvalue weighted by molar-refractivity contribution is 5.71. The van der Waals surface area contributed by atoms with Gasteiger partial charge in [-0.15, -0.1) is 0 Å². The molecule has 1 heterocycles. The van der Waals surface area contributed by atoms with Gasteiger partial charge in [0.05, 0.1) is 6.54 Å². The first-order valence-corrected chi connectivity index (χ1v) is 5.46. The maximum absolute atomic E-state index is 10.4. The molecule has 1 aromatic heterocycles. The molecular formula is C13H14N2O2. The molecule has 4 nitrogen and oxygen atoms in total. The number of ether oxygens (including phenoxy) is 1. The van der Waals surface area contributed by atoms with Gasteiger partial charge in [-0.05, 0) is 30.7 Å². The number of hydrogen-bond donors (Lipinski definition) is 0. The van der Waals surface area contributed by atoms with Crippen LogP contribution in [0.4, 0.5) is 0 Å². The van der Waals surface area contributed by atoms with Crippen LogP contribution in [0.2, 0.25) is 0 Å². The normalized spacial score (nSPS) is 10.2. The third-order valence-electron chi connectivity index (χ3n) is 2.36. The molecule has 4 heteroatoms. The van der Waals surface area contributed by atoms with Crippen molar-refractivity contribution in [2.75, 3.05) is 6.61 Å². The number of aromatic nitrogens is 2. The average Bonchev–Trinajstić information content (AvgIpc) is 2.77. The van der Waals surface area contributed by atoms with Gasteiger partial charge in [-0.1, -0.05) is 12.1 Å². The summed E-state index contributed by atoms with van der Waals surface area (Å²) in [5.74, 6) is 0.854. The summed E-state index contributed by atoms with van der Waals surface area (Å²) in [4.78, 5) is 10.4. The van der Waals surface area contributed by atoms with E-state index in [0.29, 0.717) is 18.8 Å². The van der Waals surface area contributed by atoms with Gasteiger partial charge in [0, 0.05) is 6.20 Å². The number of carbonyl (C=O) groups excluding carboxylic acids is 1. The second-order valence-electron chi connectivity index (χ2n) is 3.79. The third-order valence-corrected chi connectivity index (χ3v) is 2.36. The molecule has 0 aliphatic rings. The summed E-state index contributed by atoms with van der Waals surface area (Å²) in [6.07, 6.45) is 2.50. The fraction of sp³-hybridized carbons (Fsp3) is 0.231. The lowest BCUT2D eigenvalue weighted by molar-refractivity contribution is 0.111. The van der Waals surface area contributed by atoms with E-state index in [0.717, 1.165) is 12.0 Å². The van der Waals surface area contributed by atoms with Crippen molar-refractivity contribution in [3.8, 4) is 5.75 Å². The summed E-state index contributed by atoms with van der Waals surface area (Å²) >= 11 is 0. The Bertz CT molecular complexity index is 506. The van der Waals surface area contributed by atoms with Crippen LogP contribution in [0, 0.1) is 6.92 Å². The summed E-state index contributed by atoms with van der Waals surface area (Å²) < 4.78 is 7.28. The largest absolute Gasteiger partial charge is 0.492 e. The molecule has 17 heavy (non-hydrogen) atoms. The first-order chi connectivity index (χ1) is 8.28. The van der Waals surface area contributed by atoms with Crippen molar-refractivity contribution in [2.45, 2.75) is 13.5 Å². The zero-order valence-electron chi connectivity index (χ0n) is 9.67. The van der Waals surface area contributed by atoms with Gasteiger partial charge >= 0.3 is 0 Å². The van der Waals surface area contributed by atoms with Crippen LogP contribution < -0.4 is 4.74 Å². The molecule has 0 N–H and O–H groups in total. The van der Waals surface area contributed by atoms with E-state index in [2.05, 4.69) is 5.10 Å². The van der Waals surface area contributed by atoms with Gasteiger partial charge in [0.25, 0.3) is 0 Å². The maximum atomic E-state index is 10.4. The van der Waals surface area contributed by atoms with Crippen molar-refractivity contribution in [2.24, 2.45) is 0 Å². The minimum Gasteiger partial charge on any atom is -0.492 e. The fourth-order valence-corrected chi connectivity index (χ4v) is 1.53. The Kier molecular flexibility index (Phi) is 3.55. The number of aryl methyl sites for hydroxylation is 1. The van der Waals surface area contributed by atoms with Gasteiger partial charge in [-0.3, -0.25) is 9.48 Å². The summed E-state index contributed by atoms with van der Waals surface area (Å²) in [7, 11) is 0. The number of carbonyl (C=O) groups is 1. The lowest BCUT2D eigenvalue weighted by atomic mass is 10.2. The molecule has 0 radical (unpaired) electrons. The lowest BCUT2D eigenvalue weighted by Gasteiger charge is -2.06. The first-order valence-electron chi connectivity index (χ1n) is 5.46. The zero-order valence-corrected chi connectivity index (χ0v) is 9.67. The zero-order chi connectivity index (χ0) is 12.1. The van der Waals surface area contributed by atoms with E-state index >= 15 is 0 Å². The van der Waals surface area contributed by atoms with Crippen molar-refractivity contribution in [3.05, 3.63) is 47.8 Å². The number of nitrogens with zero attached hydrogens (tertiary/aromatic N) is 2. The number of rotatable bonds is 5. The Balaban J connectivity index is 1.85. The molecule has 0 aliphatic heterocycles. The quantitative estimate of drug-likeness (QED) is 0.739. The van der Waals surface area contributed by atoms with Crippen molar-refractivity contribution < 1.29 is 9.53 Å². The molecule has 0 saturated carbocycles. The van der Waals surface area contributed by atoms with E-state index < -0.39 is 0 Å². The highest BCUT2D eigenvalue weighted by atomic mass is 16.5. The van der Waals surface area contributed by atoms with Gasteiger partial charge in [0.15, 0.2) is 6.29 Å². The van der Waals surface area contributed by atoms with Crippen LogP contribution >= 0.6 is 0 Å². The Morgan fingerprint density at radius 1 is 1.41 bits per heavy atom. The number of benzene rings is 1. The molecule has 88 valence electrons. The highest BCUT2D eigenvalue weighted by Crippen LogP contribution is 2.12. The van der Waals surface area contributed by atoms with E-state index in [1.54, 1.807) is 16.9 Å². The fourth-order valence-electron chi connectivity index (χ4n) is 1.53. The summed E-state index contributed by atoms with van der Waals surface area (Å²) in [5.41, 5.74) is 1.62. The standard InChI is InChI=1S/C13H14N2O2/c1-11-3-2-4-13(9-11)17-8-7-15-6-5-12(10-16)14-15/h2-6,9-10H,7-8H2,1H3. The van der Waals surface area contributed by atoms with Crippen molar-refractivity contribution in [3.63, 3.8) is 0 Å². The minimum atomic E-state index is 0.445. The topological polar surface area (TPSA) is 44.1 Å². The molecule has 2 rings (SSSR count). The van der Waals surface area contributed by atoms with Crippen LogP contribution in [-0.4, -0.2) is 22.7 Å². The molecule has 1 aromatic carbocycles. The molecule has 0 amide bonds. The summed E-state index contributed by atoms with van der Waals surface area (Å²) in [6.45, 7) is 3.18. The second kappa shape index (κ2) is 5.30. The molecule has 0 saturated heterocycles. The second-order valence-corrected chi connectivity index (χ2v) is 3.79. The van der Waals surface area contributed by atoms with Crippen LogP contribution in [0.5, 0.6) is 5.75 Å². The van der Waals surface area contributed by atoms with Gasteiger partial charge in [0.1, 0.15) is 18.1 Å². The Labute approximate surface area is 99.8 Å². The Morgan fingerprint density at radius 3 is 3.00 bits per heavy atom. The lowest BCUT2D eigenvalue weighted by Crippen LogP contribution is -2.08. The molecule has 0 spiro atoms. The third kappa shape index (κ3) is 3.17. The number of hydrogen-bond acceptors (Lipinski definition) is 3. The van der Waals surface area contributed by atoms with E-state index in [-0.39, 0.29) is 0 Å². The van der Waals surface area contributed by atoms with Crippen LogP contribution in [0.1, 0.15) is 16.1 Å². The van der Waals surface area contributed by atoms with Gasteiger partial charge < -0.3 is 4.74 Å². The van der Waals surface area contributed by atoms with Crippen LogP contribution in [0.15, 0.2) is 36.5 Å². The summed E-state index contributed by atoms with van der Waals surface area (Å²) in [6, 6.07) is 9.58. The monoisotopic (exact) mass is 230 g/mol. The predicted octanol–water partition coefficient (Wildman–Crippen LogP) is 2.08. The molecule has 0 aliphatic carbocycles. The number of aldehydes is 1. The smallest absolute Gasteiger partial charge is 0.170 e. The van der Waals surface area contributed by atoms with Gasteiger partial charge in [-0.25, -0.2) is 0 Å². The van der Waals surface area contributed by atoms with E-state index in [9.17, 15) is 4.79 Å². The first kappa shape index (κ1) is 11.4. The molecule has 0 atom stereocenters. The van der Waals surface area contributed by atoms with E-state index in [1.807, 2.05) is 31.2 Å². The van der Waals surface area contributed by atoms with E-state index in [4.69, 9.17) is 4.74 Å². The minimum absolute atomic E-state index is 0.445. The molecule has 0 fully saturated rings. The van der Waals surface area contributed by atoms with E-state index in [1.165, 1.54) is 5.56 Å². The molecule has 0 bridgehead atoms. The van der Waals surface area contributed by atoms with Crippen LogP contribution in [0.25, 0.3) is 0 Å². The van der Waals surface area contributed by atoms with Crippen LogP contribution in [-0.2, 0) is 6.54 Å². The SMILES string of the molecule is Cc1cccc(OCCn2ccc(C=O)n2)c1. The van der Waals surface area contributed by atoms with Gasteiger partial charge in [0.2, 0.25) is 0 Å². The molecule has 0 unspecified atom stereocenters. The van der Waals surface area contributed by atoms with Crippen molar-refractivity contribution in [1.29, 1.82) is 0 Å². The van der Waals surface area contributed by atoms with Gasteiger partial charge in [-0.2, -0.15) is 5.10 Å². The van der Waals surface area contributed by atoms with Crippen molar-refractivity contribution in [1.82, 2.24) is 9.78 Å². The Hall–Kier alpha value is -2.10. The van der Waals surface area contributed by atoms with Crippen LogP contribution in [0.3, 0.4) is 0 Å². The highest BCUT2D eigenvalue weighted by Gasteiger charge is 1.98. The molecule has 2 aromatic rings. The Morgan fingerprint density at radius 2 is 2.29 bits per heavy atom. The molecular weight excluding hydrogens is 216 g/mol. The maximum Gasteiger partial charge on any atom is 0.170 e. The van der Waals surface area contributed by atoms with Crippen molar-refractivity contribution >= 4 is 6.29 Å².